The maximum absolute atomic E-state index is 14.4. The van der Waals surface area contributed by atoms with Crippen LogP contribution in [0.15, 0.2) is 24.3 Å². The normalized spacial score (nSPS) is 18.1. The minimum atomic E-state index is -0.437. The van der Waals surface area contributed by atoms with Gasteiger partial charge in [0.2, 0.25) is 0 Å². The largest absolute Gasteiger partial charge is 0.486 e. The van der Waals surface area contributed by atoms with Crippen molar-refractivity contribution in [2.75, 3.05) is 43.8 Å². The Kier molecular flexibility index (Phi) is 5.12. The number of hydrogen-bond acceptors (Lipinski definition) is 8. The summed E-state index contributed by atoms with van der Waals surface area (Å²) in [6.07, 6.45) is 0.930. The van der Waals surface area contributed by atoms with Crippen molar-refractivity contribution in [2.24, 2.45) is 0 Å². The van der Waals surface area contributed by atoms with Crippen LogP contribution in [0.3, 0.4) is 0 Å². The predicted molar refractivity (Wildman–Crippen MR) is 108 cm³/mol. The van der Waals surface area contributed by atoms with Gasteiger partial charge in [-0.15, -0.1) is 5.53 Å². The molecule has 3 heterocycles. The number of hydrogen-bond donors (Lipinski definition) is 4. The van der Waals surface area contributed by atoms with E-state index in [0.717, 1.165) is 19.5 Å². The molecular formula is C19H24FN7O2. The quantitative estimate of drug-likeness (QED) is 0.596. The van der Waals surface area contributed by atoms with E-state index in [1.165, 1.54) is 12.1 Å². The first-order valence-electron chi connectivity index (χ1n) is 9.37. The van der Waals surface area contributed by atoms with Crippen molar-refractivity contribution < 1.29 is 13.9 Å². The number of amides is 1. The maximum atomic E-state index is 14.4. The molecule has 1 saturated heterocycles. The number of nitrogen functional groups attached to an aromatic ring is 1. The summed E-state index contributed by atoms with van der Waals surface area (Å²) < 4.78 is 20.1. The number of nitrogens with two attached hydrogens (primary N) is 1. The highest BCUT2D eigenvalue weighted by Gasteiger charge is 2.27. The second-order valence-corrected chi connectivity index (χ2v) is 7.36. The van der Waals surface area contributed by atoms with E-state index in [9.17, 15) is 9.18 Å². The highest BCUT2D eigenvalue weighted by atomic mass is 19.1. The van der Waals surface area contributed by atoms with E-state index in [0.29, 0.717) is 22.8 Å². The summed E-state index contributed by atoms with van der Waals surface area (Å²) in [6, 6.07) is 6.06. The molecule has 10 heteroatoms. The molecule has 0 aliphatic carbocycles. The smallest absolute Gasteiger partial charge is 0.253 e. The van der Waals surface area contributed by atoms with Crippen LogP contribution in [0.1, 0.15) is 22.3 Å². The molecule has 154 valence electrons. The SMILES string of the molecule is CN1CCC(N(C)C(=O)c2ccc(F)c(COc3cc(N)nc4c3NNN4)c2)C1. The number of pyridine rings is 1. The Labute approximate surface area is 168 Å². The van der Waals surface area contributed by atoms with Crippen LogP contribution >= 0.6 is 0 Å². The Bertz CT molecular complexity index is 939. The Morgan fingerprint density at radius 2 is 2.24 bits per heavy atom. The number of benzene rings is 1. The number of aromatic nitrogens is 1. The molecule has 1 unspecified atom stereocenters. The molecule has 9 nitrogen and oxygen atoms in total. The highest BCUT2D eigenvalue weighted by molar-refractivity contribution is 5.94. The van der Waals surface area contributed by atoms with E-state index in [2.05, 4.69) is 26.3 Å². The molecule has 0 spiro atoms. The number of rotatable bonds is 5. The average Bonchev–Trinajstić information content (AvgIpc) is 3.34. The number of hydrazine groups is 2. The summed E-state index contributed by atoms with van der Waals surface area (Å²) in [5, 5.41) is 0. The molecule has 2 aliphatic heterocycles. The molecular weight excluding hydrogens is 377 g/mol. The fourth-order valence-corrected chi connectivity index (χ4v) is 3.59. The average molecular weight is 401 g/mol. The molecule has 1 amide bonds. The molecule has 0 radical (unpaired) electrons. The van der Waals surface area contributed by atoms with Crippen LogP contribution in [0.5, 0.6) is 5.75 Å². The molecule has 0 saturated carbocycles. The number of nitrogens with one attached hydrogen (secondary N) is 3. The number of ether oxygens (including phenoxy) is 1. The monoisotopic (exact) mass is 401 g/mol. The number of likely N-dealkylation sites (N-methyl/N-ethyl adjacent to an activating group) is 2. The lowest BCUT2D eigenvalue weighted by Gasteiger charge is -2.24. The first-order chi connectivity index (χ1) is 13.9. The summed E-state index contributed by atoms with van der Waals surface area (Å²) in [5.41, 5.74) is 15.5. The van der Waals surface area contributed by atoms with Crippen LogP contribution in [-0.4, -0.2) is 53.9 Å². The van der Waals surface area contributed by atoms with Gasteiger partial charge in [0, 0.05) is 36.8 Å². The predicted octanol–water partition coefficient (Wildman–Crippen LogP) is 1.41. The van der Waals surface area contributed by atoms with E-state index in [1.54, 1.807) is 24.1 Å². The van der Waals surface area contributed by atoms with Crippen LogP contribution in [0.2, 0.25) is 0 Å². The first-order valence-corrected chi connectivity index (χ1v) is 9.37. The van der Waals surface area contributed by atoms with Gasteiger partial charge >= 0.3 is 0 Å². The summed E-state index contributed by atoms with van der Waals surface area (Å²) in [7, 11) is 3.83. The van der Waals surface area contributed by atoms with E-state index in [-0.39, 0.29) is 29.9 Å². The van der Waals surface area contributed by atoms with Gasteiger partial charge in [-0.3, -0.25) is 15.6 Å². The number of carbonyl (C=O) groups is 1. The van der Waals surface area contributed by atoms with Gasteiger partial charge in [-0.1, -0.05) is 0 Å². The van der Waals surface area contributed by atoms with Gasteiger partial charge in [0.25, 0.3) is 5.91 Å². The van der Waals surface area contributed by atoms with Gasteiger partial charge < -0.3 is 20.3 Å². The van der Waals surface area contributed by atoms with Crippen molar-refractivity contribution in [1.82, 2.24) is 20.3 Å². The van der Waals surface area contributed by atoms with Gasteiger partial charge in [0.1, 0.15) is 23.9 Å². The molecule has 1 atom stereocenters. The third-order valence-electron chi connectivity index (χ3n) is 5.28. The number of carbonyl (C=O) groups excluding carboxylic acids is 1. The number of fused-ring (bicyclic) bond motifs is 1. The molecule has 1 aromatic carbocycles. The zero-order chi connectivity index (χ0) is 20.5. The molecule has 2 aromatic rings. The summed E-state index contributed by atoms with van der Waals surface area (Å²) >= 11 is 0. The van der Waals surface area contributed by atoms with E-state index < -0.39 is 5.82 Å². The van der Waals surface area contributed by atoms with Gasteiger partial charge in [0.05, 0.1) is 0 Å². The molecule has 4 rings (SSSR count). The molecule has 5 N–H and O–H groups in total. The number of anilines is 3. The van der Waals surface area contributed by atoms with Crippen molar-refractivity contribution in [3.8, 4) is 5.75 Å². The zero-order valence-electron chi connectivity index (χ0n) is 16.3. The minimum absolute atomic E-state index is 0.0552. The Morgan fingerprint density at radius 1 is 1.41 bits per heavy atom. The van der Waals surface area contributed by atoms with Gasteiger partial charge in [0.15, 0.2) is 11.6 Å². The second kappa shape index (κ2) is 7.72. The number of likely N-dealkylation sites (tertiary alicyclic amines) is 1. The minimum Gasteiger partial charge on any atom is -0.486 e. The topological polar surface area (TPSA) is 108 Å². The zero-order valence-corrected chi connectivity index (χ0v) is 16.3. The summed E-state index contributed by atoms with van der Waals surface area (Å²) in [6.45, 7) is 1.74. The summed E-state index contributed by atoms with van der Waals surface area (Å²) in [5.74, 6) is 0.618. The lowest BCUT2D eigenvalue weighted by molar-refractivity contribution is 0.0737. The lowest BCUT2D eigenvalue weighted by atomic mass is 10.1. The van der Waals surface area contributed by atoms with Crippen molar-refractivity contribution in [3.63, 3.8) is 0 Å². The van der Waals surface area contributed by atoms with Crippen LogP contribution in [0.4, 0.5) is 21.7 Å². The standard InChI is InChI=1S/C19H24FN7O2/c1-26-6-5-13(9-26)27(2)19(28)11-3-4-14(20)12(7-11)10-29-15-8-16(21)22-18-17(15)23-25-24-18/h3-4,7-8,13,23,25H,5-6,9-10H2,1-2H3,(H3,21,22,24). The molecule has 1 fully saturated rings. The Hall–Kier alpha value is -3.11. The molecule has 29 heavy (non-hydrogen) atoms. The van der Waals surface area contributed by atoms with E-state index in [4.69, 9.17) is 10.5 Å². The first kappa shape index (κ1) is 19.2. The summed E-state index contributed by atoms with van der Waals surface area (Å²) in [4.78, 5) is 20.9. The van der Waals surface area contributed by atoms with E-state index >= 15 is 0 Å². The highest BCUT2D eigenvalue weighted by Crippen LogP contribution is 2.35. The van der Waals surface area contributed by atoms with Crippen molar-refractivity contribution in [3.05, 3.63) is 41.2 Å². The molecule has 2 aliphatic rings. The van der Waals surface area contributed by atoms with Crippen LogP contribution < -0.4 is 26.9 Å². The number of nitrogens with zero attached hydrogens (tertiary/aromatic N) is 3. The van der Waals surface area contributed by atoms with E-state index in [1.807, 2.05) is 7.05 Å². The van der Waals surface area contributed by atoms with Crippen molar-refractivity contribution >= 4 is 23.2 Å². The lowest BCUT2D eigenvalue weighted by Crippen LogP contribution is -2.38. The third-order valence-corrected chi connectivity index (χ3v) is 5.28. The molecule has 1 aromatic heterocycles. The van der Waals surface area contributed by atoms with Crippen molar-refractivity contribution in [1.29, 1.82) is 0 Å². The fourth-order valence-electron chi connectivity index (χ4n) is 3.59. The van der Waals surface area contributed by atoms with Crippen LogP contribution in [-0.2, 0) is 6.61 Å². The Morgan fingerprint density at radius 3 is 3.00 bits per heavy atom. The number of halogens is 1. The fraction of sp³-hybridized carbons (Fsp3) is 0.368. The van der Waals surface area contributed by atoms with Gasteiger partial charge in [-0.25, -0.2) is 9.37 Å². The maximum Gasteiger partial charge on any atom is 0.253 e. The van der Waals surface area contributed by atoms with Crippen LogP contribution in [0, 0.1) is 5.82 Å². The molecule has 0 bridgehead atoms. The van der Waals surface area contributed by atoms with Crippen LogP contribution in [0.25, 0.3) is 0 Å². The van der Waals surface area contributed by atoms with Gasteiger partial charge in [-0.05, 0) is 38.2 Å². The van der Waals surface area contributed by atoms with Crippen molar-refractivity contribution in [2.45, 2.75) is 19.1 Å². The Balaban J connectivity index is 1.50. The van der Waals surface area contributed by atoms with Gasteiger partial charge in [-0.2, -0.15) is 0 Å². The second-order valence-electron chi connectivity index (χ2n) is 7.36. The third kappa shape index (κ3) is 3.89.